The summed E-state index contributed by atoms with van der Waals surface area (Å²) in [5.74, 6) is -0.277. The smallest absolute Gasteiger partial charge is 0.252 e. The van der Waals surface area contributed by atoms with Gasteiger partial charge in [-0.05, 0) is 49.4 Å². The average molecular weight is 407 g/mol. The number of aryl methyl sites for hydroxylation is 1. The van der Waals surface area contributed by atoms with E-state index in [9.17, 15) is 12.8 Å². The summed E-state index contributed by atoms with van der Waals surface area (Å²) in [6.07, 6.45) is 0. The number of piperazine rings is 1. The largest absolute Gasteiger partial charge is 0.369 e. The summed E-state index contributed by atoms with van der Waals surface area (Å²) in [6.45, 7) is 3.84. The number of nitrogens with zero attached hydrogens (tertiary/aromatic N) is 3. The van der Waals surface area contributed by atoms with Crippen LogP contribution in [-0.4, -0.2) is 49.1 Å². The summed E-state index contributed by atoms with van der Waals surface area (Å²) >= 11 is 1.23. The molecule has 142 valence electrons. The summed E-state index contributed by atoms with van der Waals surface area (Å²) in [4.78, 5) is 2.89. The van der Waals surface area contributed by atoms with Gasteiger partial charge in [-0.3, -0.25) is 5.10 Å². The minimum atomic E-state index is -3.53. The molecule has 2 aromatic heterocycles. The number of anilines is 1. The maximum absolute atomic E-state index is 13.1. The molecule has 1 N–H and O–H groups in total. The van der Waals surface area contributed by atoms with E-state index in [0.29, 0.717) is 30.4 Å². The van der Waals surface area contributed by atoms with Crippen molar-refractivity contribution in [3.8, 4) is 10.6 Å². The van der Waals surface area contributed by atoms with Crippen LogP contribution in [0.3, 0.4) is 0 Å². The fourth-order valence-corrected chi connectivity index (χ4v) is 5.95. The standard InChI is InChI=1S/C18H19FN4O2S2/c1-13-12-16(21-20-13)17-6-7-18(26-17)27(24,25)23-10-8-22(9-11-23)15-4-2-14(19)3-5-15/h2-7,12H,8-11H2,1H3,(H,20,21). The van der Waals surface area contributed by atoms with Gasteiger partial charge in [0.2, 0.25) is 0 Å². The number of rotatable bonds is 4. The molecule has 3 heterocycles. The molecule has 0 aliphatic carbocycles. The van der Waals surface area contributed by atoms with Gasteiger partial charge in [-0.25, -0.2) is 12.8 Å². The van der Waals surface area contributed by atoms with Crippen molar-refractivity contribution in [2.75, 3.05) is 31.1 Å². The van der Waals surface area contributed by atoms with Crippen molar-refractivity contribution in [1.29, 1.82) is 0 Å². The first-order chi connectivity index (χ1) is 12.9. The lowest BCUT2D eigenvalue weighted by atomic mass is 10.2. The minimum Gasteiger partial charge on any atom is -0.369 e. The monoisotopic (exact) mass is 406 g/mol. The van der Waals surface area contributed by atoms with Crippen LogP contribution in [0.15, 0.2) is 46.7 Å². The first-order valence-corrected chi connectivity index (χ1v) is 10.8. The molecule has 0 spiro atoms. The Hall–Kier alpha value is -2.23. The first-order valence-electron chi connectivity index (χ1n) is 8.56. The second kappa shape index (κ2) is 7.06. The van der Waals surface area contributed by atoms with E-state index in [-0.39, 0.29) is 5.82 Å². The first kappa shape index (κ1) is 18.1. The van der Waals surface area contributed by atoms with Gasteiger partial charge in [-0.1, -0.05) is 0 Å². The third-order valence-electron chi connectivity index (χ3n) is 4.56. The van der Waals surface area contributed by atoms with Gasteiger partial charge >= 0.3 is 0 Å². The van der Waals surface area contributed by atoms with E-state index >= 15 is 0 Å². The van der Waals surface area contributed by atoms with E-state index in [4.69, 9.17) is 0 Å². The van der Waals surface area contributed by atoms with Gasteiger partial charge in [0.15, 0.2) is 0 Å². The number of aromatic nitrogens is 2. The second-order valence-electron chi connectivity index (χ2n) is 6.42. The number of sulfonamides is 1. The Kier molecular flexibility index (Phi) is 4.75. The zero-order chi connectivity index (χ0) is 19.0. The zero-order valence-electron chi connectivity index (χ0n) is 14.7. The summed E-state index contributed by atoms with van der Waals surface area (Å²) < 4.78 is 40.8. The normalized spacial score (nSPS) is 16.0. The van der Waals surface area contributed by atoms with Gasteiger partial charge in [0.05, 0.1) is 4.88 Å². The summed E-state index contributed by atoms with van der Waals surface area (Å²) in [5.41, 5.74) is 2.58. The van der Waals surface area contributed by atoms with Gasteiger partial charge in [-0.15, -0.1) is 11.3 Å². The Balaban J connectivity index is 1.47. The molecule has 0 amide bonds. The van der Waals surface area contributed by atoms with Crippen LogP contribution < -0.4 is 4.90 Å². The maximum Gasteiger partial charge on any atom is 0.252 e. The van der Waals surface area contributed by atoms with E-state index in [1.54, 1.807) is 24.3 Å². The summed E-state index contributed by atoms with van der Waals surface area (Å²) in [7, 11) is -3.53. The third-order valence-corrected chi connectivity index (χ3v) is 8.04. The highest BCUT2D eigenvalue weighted by atomic mass is 32.2. The number of benzene rings is 1. The van der Waals surface area contributed by atoms with Gasteiger partial charge < -0.3 is 4.90 Å². The van der Waals surface area contributed by atoms with Crippen LogP contribution in [0, 0.1) is 12.7 Å². The summed E-state index contributed by atoms with van der Waals surface area (Å²) in [6, 6.07) is 11.6. The molecule has 1 aromatic carbocycles. The Morgan fingerprint density at radius 3 is 2.41 bits per heavy atom. The minimum absolute atomic E-state index is 0.277. The molecule has 0 saturated carbocycles. The van der Waals surface area contributed by atoms with Crippen molar-refractivity contribution in [2.24, 2.45) is 0 Å². The molecule has 0 atom stereocenters. The Morgan fingerprint density at radius 2 is 1.78 bits per heavy atom. The number of halogens is 1. The van der Waals surface area contributed by atoms with Crippen molar-refractivity contribution in [2.45, 2.75) is 11.1 Å². The quantitative estimate of drug-likeness (QED) is 0.723. The maximum atomic E-state index is 13.1. The third kappa shape index (κ3) is 3.62. The number of hydrogen-bond donors (Lipinski definition) is 1. The molecule has 0 unspecified atom stereocenters. The van der Waals surface area contributed by atoms with E-state index in [0.717, 1.165) is 22.0 Å². The molecule has 9 heteroatoms. The Bertz CT molecular complexity index is 1040. The molecule has 4 rings (SSSR count). The Morgan fingerprint density at radius 1 is 1.07 bits per heavy atom. The highest BCUT2D eigenvalue weighted by Gasteiger charge is 2.30. The number of aromatic amines is 1. The average Bonchev–Trinajstić information content (AvgIpc) is 3.32. The van der Waals surface area contributed by atoms with Crippen LogP contribution in [-0.2, 0) is 10.0 Å². The van der Waals surface area contributed by atoms with Gasteiger partial charge in [0.1, 0.15) is 15.7 Å². The number of thiophene rings is 1. The summed E-state index contributed by atoms with van der Waals surface area (Å²) in [5, 5.41) is 7.06. The molecule has 3 aromatic rings. The van der Waals surface area contributed by atoms with Crippen LogP contribution in [0.5, 0.6) is 0 Å². The van der Waals surface area contributed by atoms with Gasteiger partial charge in [0, 0.05) is 37.6 Å². The molecule has 1 aliphatic rings. The highest BCUT2D eigenvalue weighted by Crippen LogP contribution is 2.32. The van der Waals surface area contributed by atoms with E-state index < -0.39 is 10.0 Å². The SMILES string of the molecule is Cc1cc(-c2ccc(S(=O)(=O)N3CCN(c4ccc(F)cc4)CC3)s2)n[nH]1. The fourth-order valence-electron chi connectivity index (χ4n) is 3.11. The number of hydrogen-bond acceptors (Lipinski definition) is 5. The Labute approximate surface area is 161 Å². The van der Waals surface area contributed by atoms with Gasteiger partial charge in [0.25, 0.3) is 10.0 Å². The predicted octanol–water partition coefficient (Wildman–Crippen LogP) is 3.10. The number of nitrogens with one attached hydrogen (secondary N) is 1. The molecule has 1 aliphatic heterocycles. The molecular weight excluding hydrogens is 387 g/mol. The second-order valence-corrected chi connectivity index (χ2v) is 9.67. The van der Waals surface area contributed by atoms with Crippen molar-refractivity contribution in [1.82, 2.24) is 14.5 Å². The van der Waals surface area contributed by atoms with Gasteiger partial charge in [-0.2, -0.15) is 9.40 Å². The van der Waals surface area contributed by atoms with Crippen molar-refractivity contribution >= 4 is 27.0 Å². The number of H-pyrrole nitrogens is 1. The van der Waals surface area contributed by atoms with Crippen LogP contribution in [0.1, 0.15) is 5.69 Å². The van der Waals surface area contributed by atoms with E-state index in [1.165, 1.54) is 27.8 Å². The van der Waals surface area contributed by atoms with Crippen LogP contribution in [0.25, 0.3) is 10.6 Å². The molecular formula is C18H19FN4O2S2. The van der Waals surface area contributed by atoms with Crippen molar-refractivity contribution < 1.29 is 12.8 Å². The topological polar surface area (TPSA) is 69.3 Å². The lowest BCUT2D eigenvalue weighted by Gasteiger charge is -2.35. The molecule has 6 nitrogen and oxygen atoms in total. The van der Waals surface area contributed by atoms with Crippen LogP contribution >= 0.6 is 11.3 Å². The van der Waals surface area contributed by atoms with E-state index in [1.807, 2.05) is 13.0 Å². The highest BCUT2D eigenvalue weighted by molar-refractivity contribution is 7.91. The van der Waals surface area contributed by atoms with E-state index in [2.05, 4.69) is 15.1 Å². The lowest BCUT2D eigenvalue weighted by Crippen LogP contribution is -2.48. The lowest BCUT2D eigenvalue weighted by molar-refractivity contribution is 0.386. The van der Waals surface area contributed by atoms with Crippen molar-refractivity contribution in [3.63, 3.8) is 0 Å². The van der Waals surface area contributed by atoms with Crippen molar-refractivity contribution in [3.05, 3.63) is 54.0 Å². The molecule has 27 heavy (non-hydrogen) atoms. The predicted molar refractivity (Wildman–Crippen MR) is 104 cm³/mol. The molecule has 0 radical (unpaired) electrons. The van der Waals surface area contributed by atoms with Crippen LogP contribution in [0.2, 0.25) is 0 Å². The van der Waals surface area contributed by atoms with Crippen LogP contribution in [0.4, 0.5) is 10.1 Å². The molecule has 1 saturated heterocycles. The molecule has 1 fully saturated rings. The molecule has 0 bridgehead atoms. The fraction of sp³-hybridized carbons (Fsp3) is 0.278. The zero-order valence-corrected chi connectivity index (χ0v) is 16.4.